The Morgan fingerprint density at radius 2 is 1.81 bits per heavy atom. The van der Waals surface area contributed by atoms with Crippen molar-refractivity contribution >= 4 is 15.5 Å². The Labute approximate surface area is 96.2 Å². The SMILES string of the molecule is CS(=O)(=O)c1ccccc1N1CCNCC1. The molecule has 1 N–H and O–H groups in total. The maximum absolute atomic E-state index is 11.7. The predicted octanol–water partition coefficient (Wildman–Crippen LogP) is 0.500. The Morgan fingerprint density at radius 3 is 2.44 bits per heavy atom. The number of piperazine rings is 1. The van der Waals surface area contributed by atoms with Gasteiger partial charge in [-0.05, 0) is 12.1 Å². The van der Waals surface area contributed by atoms with E-state index >= 15 is 0 Å². The molecular weight excluding hydrogens is 224 g/mol. The molecule has 0 radical (unpaired) electrons. The van der Waals surface area contributed by atoms with Gasteiger partial charge in [-0.1, -0.05) is 12.1 Å². The first kappa shape index (κ1) is 11.4. The summed E-state index contributed by atoms with van der Waals surface area (Å²) >= 11 is 0. The van der Waals surface area contributed by atoms with E-state index in [1.165, 1.54) is 6.26 Å². The molecule has 0 aromatic heterocycles. The Hall–Kier alpha value is -1.07. The van der Waals surface area contributed by atoms with Gasteiger partial charge in [0.1, 0.15) is 0 Å². The highest BCUT2D eigenvalue weighted by Crippen LogP contribution is 2.24. The summed E-state index contributed by atoms with van der Waals surface area (Å²) in [6.07, 6.45) is 1.26. The van der Waals surface area contributed by atoms with Gasteiger partial charge in [-0.2, -0.15) is 0 Å². The third-order valence-corrected chi connectivity index (χ3v) is 3.87. The number of hydrogen-bond donors (Lipinski definition) is 1. The summed E-state index contributed by atoms with van der Waals surface area (Å²) in [6, 6.07) is 7.20. The summed E-state index contributed by atoms with van der Waals surface area (Å²) in [5.74, 6) is 0. The van der Waals surface area contributed by atoms with E-state index in [9.17, 15) is 8.42 Å². The van der Waals surface area contributed by atoms with Gasteiger partial charge in [-0.3, -0.25) is 0 Å². The molecule has 2 rings (SSSR count). The van der Waals surface area contributed by atoms with E-state index in [2.05, 4.69) is 10.2 Å². The molecule has 1 aliphatic heterocycles. The Bertz CT molecular complexity index is 465. The van der Waals surface area contributed by atoms with Crippen molar-refractivity contribution in [3.8, 4) is 0 Å². The molecule has 1 aromatic rings. The fourth-order valence-electron chi connectivity index (χ4n) is 1.94. The van der Waals surface area contributed by atoms with Gasteiger partial charge in [0.05, 0.1) is 10.6 Å². The minimum atomic E-state index is -3.14. The molecule has 0 aliphatic carbocycles. The fraction of sp³-hybridized carbons (Fsp3) is 0.455. The Balaban J connectivity index is 2.40. The second-order valence-corrected chi connectivity index (χ2v) is 5.96. The number of nitrogens with one attached hydrogen (secondary N) is 1. The molecule has 1 aliphatic rings. The van der Waals surface area contributed by atoms with Gasteiger partial charge in [0.15, 0.2) is 9.84 Å². The van der Waals surface area contributed by atoms with Crippen LogP contribution in [0.1, 0.15) is 0 Å². The Kier molecular flexibility index (Phi) is 3.16. The van der Waals surface area contributed by atoms with Gasteiger partial charge < -0.3 is 10.2 Å². The molecule has 0 saturated carbocycles. The van der Waals surface area contributed by atoms with Gasteiger partial charge in [-0.25, -0.2) is 8.42 Å². The average Bonchev–Trinajstić information content (AvgIpc) is 2.29. The summed E-state index contributed by atoms with van der Waals surface area (Å²) in [5.41, 5.74) is 0.825. The molecule has 1 fully saturated rings. The van der Waals surface area contributed by atoms with Crippen LogP contribution in [0.3, 0.4) is 0 Å². The standard InChI is InChI=1S/C11H16N2O2S/c1-16(14,15)11-5-3-2-4-10(11)13-8-6-12-7-9-13/h2-5,12H,6-9H2,1H3. The van der Waals surface area contributed by atoms with E-state index in [0.717, 1.165) is 31.9 Å². The monoisotopic (exact) mass is 240 g/mol. The predicted molar refractivity (Wildman–Crippen MR) is 64.6 cm³/mol. The molecule has 0 atom stereocenters. The first-order chi connectivity index (χ1) is 7.59. The summed E-state index contributed by atoms with van der Waals surface area (Å²) in [4.78, 5) is 2.55. The molecule has 0 unspecified atom stereocenters. The van der Waals surface area contributed by atoms with E-state index in [0.29, 0.717) is 4.90 Å². The topological polar surface area (TPSA) is 49.4 Å². The van der Waals surface area contributed by atoms with Crippen LogP contribution in [-0.4, -0.2) is 40.9 Å². The van der Waals surface area contributed by atoms with Gasteiger partial charge >= 0.3 is 0 Å². The first-order valence-corrected chi connectivity index (χ1v) is 7.23. The lowest BCUT2D eigenvalue weighted by Crippen LogP contribution is -2.44. The van der Waals surface area contributed by atoms with Crippen LogP contribution in [-0.2, 0) is 9.84 Å². The van der Waals surface area contributed by atoms with E-state index in [1.54, 1.807) is 12.1 Å². The molecule has 1 heterocycles. The van der Waals surface area contributed by atoms with Crippen molar-refractivity contribution in [2.45, 2.75) is 4.90 Å². The zero-order chi connectivity index (χ0) is 11.6. The highest BCUT2D eigenvalue weighted by Gasteiger charge is 2.18. The smallest absolute Gasteiger partial charge is 0.177 e. The zero-order valence-corrected chi connectivity index (χ0v) is 10.1. The summed E-state index contributed by atoms with van der Waals surface area (Å²) in [6.45, 7) is 3.51. The number of benzene rings is 1. The van der Waals surface area contributed by atoms with E-state index in [4.69, 9.17) is 0 Å². The lowest BCUT2D eigenvalue weighted by Gasteiger charge is -2.30. The molecule has 0 amide bonds. The quantitative estimate of drug-likeness (QED) is 0.818. The van der Waals surface area contributed by atoms with Crippen LogP contribution in [0, 0.1) is 0 Å². The zero-order valence-electron chi connectivity index (χ0n) is 9.31. The third kappa shape index (κ3) is 2.36. The van der Waals surface area contributed by atoms with Crippen LogP contribution in [0.5, 0.6) is 0 Å². The number of para-hydroxylation sites is 1. The van der Waals surface area contributed by atoms with E-state index < -0.39 is 9.84 Å². The molecule has 5 heteroatoms. The third-order valence-electron chi connectivity index (χ3n) is 2.72. The van der Waals surface area contributed by atoms with Crippen LogP contribution < -0.4 is 10.2 Å². The average molecular weight is 240 g/mol. The van der Waals surface area contributed by atoms with Gasteiger partial charge in [0.25, 0.3) is 0 Å². The molecule has 1 saturated heterocycles. The maximum atomic E-state index is 11.7. The minimum Gasteiger partial charge on any atom is -0.368 e. The van der Waals surface area contributed by atoms with Crippen molar-refractivity contribution in [1.82, 2.24) is 5.32 Å². The van der Waals surface area contributed by atoms with Crippen molar-refractivity contribution in [3.05, 3.63) is 24.3 Å². The van der Waals surface area contributed by atoms with Crippen molar-refractivity contribution in [1.29, 1.82) is 0 Å². The van der Waals surface area contributed by atoms with Gasteiger partial charge in [0, 0.05) is 32.4 Å². The Morgan fingerprint density at radius 1 is 1.19 bits per heavy atom. The van der Waals surface area contributed by atoms with E-state index in [1.807, 2.05) is 12.1 Å². The molecule has 4 nitrogen and oxygen atoms in total. The van der Waals surface area contributed by atoms with Crippen molar-refractivity contribution in [2.75, 3.05) is 37.3 Å². The van der Waals surface area contributed by atoms with Crippen molar-refractivity contribution < 1.29 is 8.42 Å². The first-order valence-electron chi connectivity index (χ1n) is 5.34. The molecule has 0 spiro atoms. The molecule has 0 bridgehead atoms. The lowest BCUT2D eigenvalue weighted by atomic mass is 10.2. The summed E-state index contributed by atoms with van der Waals surface area (Å²) in [7, 11) is -3.14. The van der Waals surface area contributed by atoms with Gasteiger partial charge in [0.2, 0.25) is 0 Å². The highest BCUT2D eigenvalue weighted by atomic mass is 32.2. The fourth-order valence-corrected chi connectivity index (χ4v) is 2.84. The second-order valence-electron chi connectivity index (χ2n) is 3.98. The van der Waals surface area contributed by atoms with Crippen LogP contribution in [0.2, 0.25) is 0 Å². The lowest BCUT2D eigenvalue weighted by molar-refractivity contribution is 0.581. The normalized spacial score (nSPS) is 17.4. The molecular formula is C11H16N2O2S. The number of anilines is 1. The maximum Gasteiger partial charge on any atom is 0.177 e. The molecule has 1 aromatic carbocycles. The second kappa shape index (κ2) is 4.43. The van der Waals surface area contributed by atoms with Gasteiger partial charge in [-0.15, -0.1) is 0 Å². The van der Waals surface area contributed by atoms with Crippen LogP contribution in [0.15, 0.2) is 29.2 Å². The molecule has 88 valence electrons. The number of hydrogen-bond acceptors (Lipinski definition) is 4. The van der Waals surface area contributed by atoms with Crippen molar-refractivity contribution in [3.63, 3.8) is 0 Å². The molecule has 16 heavy (non-hydrogen) atoms. The number of rotatable bonds is 2. The van der Waals surface area contributed by atoms with E-state index in [-0.39, 0.29) is 0 Å². The summed E-state index contributed by atoms with van der Waals surface area (Å²) < 4.78 is 23.3. The highest BCUT2D eigenvalue weighted by molar-refractivity contribution is 7.90. The van der Waals surface area contributed by atoms with Crippen LogP contribution in [0.4, 0.5) is 5.69 Å². The number of nitrogens with zero attached hydrogens (tertiary/aromatic N) is 1. The van der Waals surface area contributed by atoms with Crippen LogP contribution in [0.25, 0.3) is 0 Å². The summed E-state index contributed by atoms with van der Waals surface area (Å²) in [5, 5.41) is 3.25. The van der Waals surface area contributed by atoms with Crippen LogP contribution >= 0.6 is 0 Å². The minimum absolute atomic E-state index is 0.428. The van der Waals surface area contributed by atoms with Crippen molar-refractivity contribution in [2.24, 2.45) is 0 Å². The number of sulfone groups is 1. The largest absolute Gasteiger partial charge is 0.368 e.